The number of hydrogen-bond acceptors (Lipinski definition) is 4. The summed E-state index contributed by atoms with van der Waals surface area (Å²) in [6.07, 6.45) is 3.91. The van der Waals surface area contributed by atoms with E-state index in [1.165, 1.54) is 0 Å². The van der Waals surface area contributed by atoms with Gasteiger partial charge in [0, 0.05) is 6.04 Å². The average Bonchev–Trinajstić information content (AvgIpc) is 2.48. The third-order valence-corrected chi connectivity index (χ3v) is 6.71. The van der Waals surface area contributed by atoms with Crippen molar-refractivity contribution in [2.75, 3.05) is 6.54 Å². The molecule has 1 saturated carbocycles. The maximum atomic E-state index is 12.9. The van der Waals surface area contributed by atoms with Gasteiger partial charge in [-0.2, -0.15) is 0 Å². The summed E-state index contributed by atoms with van der Waals surface area (Å²) in [5, 5.41) is 12.3. The number of aliphatic hydroxyl groups is 1. The topological polar surface area (TPSA) is 66.4 Å². The molecule has 1 fully saturated rings. The van der Waals surface area contributed by atoms with Crippen molar-refractivity contribution in [3.8, 4) is 0 Å². The summed E-state index contributed by atoms with van der Waals surface area (Å²) in [6.45, 7) is 4.36. The zero-order chi connectivity index (χ0) is 16.2. The molecule has 0 aliphatic heterocycles. The number of rotatable bonds is 6. The Morgan fingerprint density at radius 1 is 1.23 bits per heavy atom. The van der Waals surface area contributed by atoms with Crippen LogP contribution in [-0.4, -0.2) is 37.5 Å². The van der Waals surface area contributed by atoms with E-state index in [0.717, 1.165) is 24.8 Å². The van der Waals surface area contributed by atoms with E-state index in [0.29, 0.717) is 24.3 Å². The van der Waals surface area contributed by atoms with Gasteiger partial charge < -0.3 is 10.4 Å². The molecule has 0 spiro atoms. The fraction of sp³-hybridized carbons (Fsp3) is 0.647. The summed E-state index contributed by atoms with van der Waals surface area (Å²) in [4.78, 5) is 0.423. The van der Waals surface area contributed by atoms with Gasteiger partial charge in [-0.15, -0.1) is 0 Å². The largest absolute Gasteiger partial charge is 0.393 e. The van der Waals surface area contributed by atoms with Crippen molar-refractivity contribution in [3.05, 3.63) is 29.8 Å². The van der Waals surface area contributed by atoms with Gasteiger partial charge in [-0.05, 0) is 51.8 Å². The number of hydrogen-bond donors (Lipinski definition) is 2. The van der Waals surface area contributed by atoms with E-state index in [2.05, 4.69) is 5.32 Å². The van der Waals surface area contributed by atoms with Gasteiger partial charge in [-0.25, -0.2) is 8.42 Å². The van der Waals surface area contributed by atoms with Gasteiger partial charge in [0.15, 0.2) is 9.84 Å². The second-order valence-corrected chi connectivity index (χ2v) is 8.55. The lowest BCUT2D eigenvalue weighted by Crippen LogP contribution is -2.46. The van der Waals surface area contributed by atoms with Gasteiger partial charge >= 0.3 is 0 Å². The van der Waals surface area contributed by atoms with Gasteiger partial charge in [-0.1, -0.05) is 30.5 Å². The summed E-state index contributed by atoms with van der Waals surface area (Å²) < 4.78 is 25.8. The highest BCUT2D eigenvalue weighted by Gasteiger charge is 2.36. The van der Waals surface area contributed by atoms with Crippen molar-refractivity contribution >= 4 is 9.84 Å². The first-order chi connectivity index (χ1) is 10.4. The van der Waals surface area contributed by atoms with Crippen LogP contribution in [0.3, 0.4) is 0 Å². The molecule has 0 aromatic heterocycles. The Hall–Kier alpha value is -0.910. The molecule has 4 nitrogen and oxygen atoms in total. The Labute approximate surface area is 133 Å². The molecular formula is C17H27NO3S. The highest BCUT2D eigenvalue weighted by atomic mass is 32.2. The van der Waals surface area contributed by atoms with Crippen LogP contribution >= 0.6 is 0 Å². The summed E-state index contributed by atoms with van der Waals surface area (Å²) in [6, 6.07) is 7.12. The Balaban J connectivity index is 2.13. The molecule has 0 amide bonds. The van der Waals surface area contributed by atoms with E-state index in [9.17, 15) is 13.5 Å². The molecule has 124 valence electrons. The quantitative estimate of drug-likeness (QED) is 0.843. The predicted octanol–water partition coefficient (Wildman–Crippen LogP) is 2.44. The van der Waals surface area contributed by atoms with Crippen LogP contribution < -0.4 is 5.32 Å². The third kappa shape index (κ3) is 4.31. The van der Waals surface area contributed by atoms with Crippen LogP contribution in [0, 0.1) is 6.92 Å². The number of sulfone groups is 1. The van der Waals surface area contributed by atoms with Gasteiger partial charge in [-0.3, -0.25) is 0 Å². The van der Waals surface area contributed by atoms with Gasteiger partial charge in [0.25, 0.3) is 0 Å². The fourth-order valence-corrected chi connectivity index (χ4v) is 5.09. The first kappa shape index (κ1) is 17.4. The molecule has 5 heteroatoms. The number of aliphatic hydroxyl groups excluding tert-OH is 1. The molecule has 2 N–H and O–H groups in total. The highest BCUT2D eigenvalue weighted by molar-refractivity contribution is 7.92. The van der Waals surface area contributed by atoms with Gasteiger partial charge in [0.05, 0.1) is 16.2 Å². The minimum atomic E-state index is -3.30. The second kappa shape index (κ2) is 7.57. The van der Waals surface area contributed by atoms with Crippen molar-refractivity contribution < 1.29 is 13.5 Å². The van der Waals surface area contributed by atoms with Crippen molar-refractivity contribution in [2.24, 2.45) is 0 Å². The molecule has 0 unspecified atom stereocenters. The summed E-state index contributed by atoms with van der Waals surface area (Å²) in [5.41, 5.74) is 1.06. The predicted molar refractivity (Wildman–Crippen MR) is 88.7 cm³/mol. The van der Waals surface area contributed by atoms with Crippen molar-refractivity contribution in [1.82, 2.24) is 5.32 Å². The first-order valence-corrected chi connectivity index (χ1v) is 9.68. The van der Waals surface area contributed by atoms with Crippen LogP contribution in [0.2, 0.25) is 0 Å². The van der Waals surface area contributed by atoms with Crippen LogP contribution in [0.25, 0.3) is 0 Å². The molecule has 1 aliphatic rings. The Morgan fingerprint density at radius 2 is 1.86 bits per heavy atom. The molecule has 1 aliphatic carbocycles. The molecule has 0 bridgehead atoms. The SMILES string of the molecule is Cc1ccc(S(=O)(=O)[C@@H]2CCCC[C@H]2NCC[C@H](C)O)cc1. The molecule has 1 aromatic rings. The first-order valence-electron chi connectivity index (χ1n) is 8.13. The lowest BCUT2D eigenvalue weighted by atomic mass is 9.95. The van der Waals surface area contributed by atoms with Crippen LogP contribution in [0.1, 0.15) is 44.6 Å². The lowest BCUT2D eigenvalue weighted by molar-refractivity contribution is 0.181. The molecular weight excluding hydrogens is 298 g/mol. The standard InChI is InChI=1S/C17H27NO3S/c1-13-7-9-15(10-8-13)22(20,21)17-6-4-3-5-16(17)18-12-11-14(2)19/h7-10,14,16-19H,3-6,11-12H2,1-2H3/t14-,16+,17+/m0/s1. The zero-order valence-electron chi connectivity index (χ0n) is 13.5. The van der Waals surface area contributed by atoms with E-state index < -0.39 is 9.84 Å². The second-order valence-electron chi connectivity index (χ2n) is 6.38. The van der Waals surface area contributed by atoms with E-state index in [4.69, 9.17) is 0 Å². The van der Waals surface area contributed by atoms with Crippen LogP contribution in [0.4, 0.5) is 0 Å². The Morgan fingerprint density at radius 3 is 2.50 bits per heavy atom. The normalized spacial score (nSPS) is 24.1. The van der Waals surface area contributed by atoms with Gasteiger partial charge in [0.2, 0.25) is 0 Å². The van der Waals surface area contributed by atoms with E-state index in [1.807, 2.05) is 19.1 Å². The van der Waals surface area contributed by atoms with Crippen molar-refractivity contribution in [1.29, 1.82) is 0 Å². The Bertz CT molecular complexity index is 566. The number of benzene rings is 1. The van der Waals surface area contributed by atoms with Crippen LogP contribution in [0.15, 0.2) is 29.2 Å². The smallest absolute Gasteiger partial charge is 0.182 e. The summed E-state index contributed by atoms with van der Waals surface area (Å²) >= 11 is 0. The van der Waals surface area contributed by atoms with E-state index >= 15 is 0 Å². The average molecular weight is 325 g/mol. The summed E-state index contributed by atoms with van der Waals surface area (Å²) in [5.74, 6) is 0. The number of nitrogens with one attached hydrogen (secondary N) is 1. The Kier molecular flexibility index (Phi) is 6.01. The van der Waals surface area contributed by atoms with E-state index in [-0.39, 0.29) is 17.4 Å². The zero-order valence-corrected chi connectivity index (χ0v) is 14.3. The van der Waals surface area contributed by atoms with Crippen molar-refractivity contribution in [2.45, 2.75) is 68.2 Å². The maximum Gasteiger partial charge on any atom is 0.182 e. The molecule has 2 rings (SSSR count). The molecule has 0 radical (unpaired) electrons. The fourth-order valence-electron chi connectivity index (χ4n) is 3.08. The highest BCUT2D eigenvalue weighted by Crippen LogP contribution is 2.29. The van der Waals surface area contributed by atoms with Crippen molar-refractivity contribution in [3.63, 3.8) is 0 Å². The van der Waals surface area contributed by atoms with Crippen LogP contribution in [0.5, 0.6) is 0 Å². The summed E-state index contributed by atoms with van der Waals surface area (Å²) in [7, 11) is -3.30. The molecule has 1 aromatic carbocycles. The molecule has 0 heterocycles. The molecule has 3 atom stereocenters. The van der Waals surface area contributed by atoms with Gasteiger partial charge in [0.1, 0.15) is 0 Å². The lowest BCUT2D eigenvalue weighted by Gasteiger charge is -2.32. The maximum absolute atomic E-state index is 12.9. The molecule has 0 saturated heterocycles. The van der Waals surface area contributed by atoms with Crippen LogP contribution in [-0.2, 0) is 9.84 Å². The minimum absolute atomic E-state index is 0.0150. The molecule has 22 heavy (non-hydrogen) atoms. The minimum Gasteiger partial charge on any atom is -0.393 e. The number of aryl methyl sites for hydroxylation is 1. The third-order valence-electron chi connectivity index (χ3n) is 4.42. The van der Waals surface area contributed by atoms with E-state index in [1.54, 1.807) is 19.1 Å². The monoisotopic (exact) mass is 325 g/mol.